The van der Waals surface area contributed by atoms with Crippen LogP contribution in [-0.4, -0.2) is 24.0 Å². The van der Waals surface area contributed by atoms with Crippen LogP contribution in [0.25, 0.3) is 0 Å². The highest BCUT2D eigenvalue weighted by Crippen LogP contribution is 2.25. The maximum absolute atomic E-state index is 12.0. The molecule has 0 aliphatic heterocycles. The molecule has 24 heavy (non-hydrogen) atoms. The lowest BCUT2D eigenvalue weighted by molar-refractivity contribution is -0.119. The smallest absolute Gasteiger partial charge is 0.321 e. The quantitative estimate of drug-likeness (QED) is 0.780. The molecular formula is C18H23N3O2S. The Kier molecular flexibility index (Phi) is 6.11. The number of carbonyl (C=O) groups is 2. The van der Waals surface area contributed by atoms with Crippen molar-refractivity contribution in [2.45, 2.75) is 32.4 Å². The van der Waals surface area contributed by atoms with E-state index in [1.807, 2.05) is 68.6 Å². The van der Waals surface area contributed by atoms with Crippen LogP contribution < -0.4 is 16.0 Å². The Hall–Kier alpha value is -2.18. The normalized spacial score (nSPS) is 12.5. The maximum atomic E-state index is 12.0. The van der Waals surface area contributed by atoms with Crippen LogP contribution in [0.4, 0.5) is 4.79 Å². The van der Waals surface area contributed by atoms with E-state index >= 15 is 0 Å². The van der Waals surface area contributed by atoms with Crippen molar-refractivity contribution in [3.05, 3.63) is 58.3 Å². The molecule has 1 aromatic heterocycles. The molecule has 0 radical (unpaired) electrons. The second-order valence-corrected chi connectivity index (χ2v) is 7.47. The van der Waals surface area contributed by atoms with Gasteiger partial charge in [-0.25, -0.2) is 4.79 Å². The largest absolute Gasteiger partial charge is 0.333 e. The molecule has 0 aliphatic carbocycles. The van der Waals surface area contributed by atoms with Crippen molar-refractivity contribution in [3.63, 3.8) is 0 Å². The highest BCUT2D eigenvalue weighted by Gasteiger charge is 2.18. The highest BCUT2D eigenvalue weighted by atomic mass is 32.1. The number of nitrogens with one attached hydrogen (secondary N) is 3. The average Bonchev–Trinajstić information content (AvgIpc) is 3.00. The number of rotatable bonds is 5. The number of amides is 3. The summed E-state index contributed by atoms with van der Waals surface area (Å²) in [6, 6.07) is 13.4. The van der Waals surface area contributed by atoms with Crippen molar-refractivity contribution in [1.29, 1.82) is 0 Å². The molecule has 1 aromatic carbocycles. The monoisotopic (exact) mass is 345 g/mol. The van der Waals surface area contributed by atoms with Crippen LogP contribution in [0, 0.1) is 0 Å². The van der Waals surface area contributed by atoms with Gasteiger partial charge in [-0.1, -0.05) is 36.4 Å². The molecule has 1 heterocycles. The van der Waals surface area contributed by atoms with Crippen LogP contribution in [0.15, 0.2) is 47.8 Å². The zero-order chi connectivity index (χ0) is 17.6. The van der Waals surface area contributed by atoms with E-state index in [-0.39, 0.29) is 24.0 Å². The summed E-state index contributed by atoms with van der Waals surface area (Å²) in [5, 5.41) is 10.3. The number of hydrogen-bond acceptors (Lipinski definition) is 4. The van der Waals surface area contributed by atoms with Crippen LogP contribution >= 0.6 is 11.3 Å². The lowest BCUT2D eigenvalue weighted by Crippen LogP contribution is -2.50. The molecule has 0 unspecified atom stereocenters. The van der Waals surface area contributed by atoms with E-state index in [9.17, 15) is 9.59 Å². The molecule has 6 heteroatoms. The van der Waals surface area contributed by atoms with Crippen molar-refractivity contribution in [2.24, 2.45) is 0 Å². The summed E-state index contributed by atoms with van der Waals surface area (Å²) in [5.41, 5.74) is 0.688. The van der Waals surface area contributed by atoms with Gasteiger partial charge in [0.1, 0.15) is 0 Å². The van der Waals surface area contributed by atoms with Gasteiger partial charge in [0, 0.05) is 10.4 Å². The number of imide groups is 1. The number of carbonyl (C=O) groups excluding carboxylic acids is 2. The minimum Gasteiger partial charge on any atom is -0.333 e. The Morgan fingerprint density at radius 2 is 1.79 bits per heavy atom. The van der Waals surface area contributed by atoms with Gasteiger partial charge in [-0.2, -0.15) is 0 Å². The third kappa shape index (κ3) is 5.79. The van der Waals surface area contributed by atoms with Crippen molar-refractivity contribution >= 4 is 23.3 Å². The van der Waals surface area contributed by atoms with Gasteiger partial charge in [-0.3, -0.25) is 15.4 Å². The predicted octanol–water partition coefficient (Wildman–Crippen LogP) is 3.05. The van der Waals surface area contributed by atoms with Crippen molar-refractivity contribution in [2.75, 3.05) is 6.54 Å². The topological polar surface area (TPSA) is 70.2 Å². The van der Waals surface area contributed by atoms with Gasteiger partial charge >= 0.3 is 6.03 Å². The summed E-state index contributed by atoms with van der Waals surface area (Å²) in [4.78, 5) is 24.9. The standard InChI is InChI=1S/C18H23N3O2S/c1-18(2,3)21-17(23)20-15(22)12-19-16(14-10-7-11-24-14)13-8-5-4-6-9-13/h4-11,16,19H,12H2,1-3H3,(H2,20,21,22,23)/t16-/m0/s1. The number of benzene rings is 1. The van der Waals surface area contributed by atoms with E-state index in [1.54, 1.807) is 11.3 Å². The zero-order valence-corrected chi connectivity index (χ0v) is 14.9. The van der Waals surface area contributed by atoms with Gasteiger partial charge in [0.2, 0.25) is 5.91 Å². The molecule has 0 bridgehead atoms. The molecule has 0 fully saturated rings. The first kappa shape index (κ1) is 18.2. The molecule has 2 rings (SSSR count). The Labute approximate surface area is 146 Å². The molecule has 0 saturated heterocycles. The summed E-state index contributed by atoms with van der Waals surface area (Å²) < 4.78 is 0. The minimum atomic E-state index is -0.485. The first-order valence-electron chi connectivity index (χ1n) is 7.79. The third-order valence-corrected chi connectivity index (χ3v) is 4.11. The zero-order valence-electron chi connectivity index (χ0n) is 14.1. The first-order valence-corrected chi connectivity index (χ1v) is 8.67. The van der Waals surface area contributed by atoms with Crippen molar-refractivity contribution < 1.29 is 9.59 Å². The minimum absolute atomic E-state index is 0.0506. The highest BCUT2D eigenvalue weighted by molar-refractivity contribution is 7.10. The molecule has 1 atom stereocenters. The fraction of sp³-hybridized carbons (Fsp3) is 0.333. The van der Waals surface area contributed by atoms with Crippen LogP contribution in [0.3, 0.4) is 0 Å². The Bertz CT molecular complexity index is 663. The van der Waals surface area contributed by atoms with E-state index in [1.165, 1.54) is 0 Å². The fourth-order valence-corrected chi connectivity index (χ4v) is 3.05. The van der Waals surface area contributed by atoms with E-state index in [0.717, 1.165) is 10.4 Å². The summed E-state index contributed by atoms with van der Waals surface area (Å²) in [6.07, 6.45) is 0. The summed E-state index contributed by atoms with van der Waals surface area (Å²) in [6.45, 7) is 5.63. The van der Waals surface area contributed by atoms with Gasteiger partial charge in [-0.15, -0.1) is 11.3 Å². The first-order chi connectivity index (χ1) is 11.3. The second kappa shape index (κ2) is 8.08. The van der Waals surface area contributed by atoms with Gasteiger partial charge in [0.15, 0.2) is 0 Å². The molecule has 128 valence electrons. The molecule has 0 saturated carbocycles. The van der Waals surface area contributed by atoms with Crippen LogP contribution in [0.2, 0.25) is 0 Å². The number of urea groups is 1. The fourth-order valence-electron chi connectivity index (χ4n) is 2.22. The predicted molar refractivity (Wildman–Crippen MR) is 97.0 cm³/mol. The molecule has 5 nitrogen and oxygen atoms in total. The van der Waals surface area contributed by atoms with Crippen LogP contribution in [-0.2, 0) is 4.79 Å². The van der Waals surface area contributed by atoms with Gasteiger partial charge in [-0.05, 0) is 37.8 Å². The van der Waals surface area contributed by atoms with Gasteiger partial charge in [0.25, 0.3) is 0 Å². The van der Waals surface area contributed by atoms with E-state index in [2.05, 4.69) is 16.0 Å². The average molecular weight is 345 g/mol. The molecule has 3 amide bonds. The number of hydrogen-bond donors (Lipinski definition) is 3. The Balaban J connectivity index is 1.96. The number of thiophene rings is 1. The summed E-state index contributed by atoms with van der Waals surface area (Å²) in [7, 11) is 0. The lowest BCUT2D eigenvalue weighted by Gasteiger charge is -2.21. The Morgan fingerprint density at radius 3 is 2.38 bits per heavy atom. The van der Waals surface area contributed by atoms with E-state index in [4.69, 9.17) is 0 Å². The summed E-state index contributed by atoms with van der Waals surface area (Å²) >= 11 is 1.63. The maximum Gasteiger partial charge on any atom is 0.321 e. The van der Waals surface area contributed by atoms with E-state index < -0.39 is 6.03 Å². The van der Waals surface area contributed by atoms with Gasteiger partial charge in [0.05, 0.1) is 12.6 Å². The van der Waals surface area contributed by atoms with E-state index in [0.29, 0.717) is 0 Å². The summed E-state index contributed by atoms with van der Waals surface area (Å²) in [5.74, 6) is -0.366. The Morgan fingerprint density at radius 1 is 1.08 bits per heavy atom. The second-order valence-electron chi connectivity index (χ2n) is 6.49. The van der Waals surface area contributed by atoms with Crippen LogP contribution in [0.1, 0.15) is 37.3 Å². The molecule has 0 aliphatic rings. The van der Waals surface area contributed by atoms with Gasteiger partial charge < -0.3 is 5.32 Å². The van der Waals surface area contributed by atoms with Crippen LogP contribution in [0.5, 0.6) is 0 Å². The molecule has 3 N–H and O–H groups in total. The lowest BCUT2D eigenvalue weighted by atomic mass is 10.1. The molecule has 0 spiro atoms. The third-order valence-electron chi connectivity index (χ3n) is 3.17. The van der Waals surface area contributed by atoms with Crippen molar-refractivity contribution in [3.8, 4) is 0 Å². The molecular weight excluding hydrogens is 322 g/mol. The van der Waals surface area contributed by atoms with Crippen molar-refractivity contribution in [1.82, 2.24) is 16.0 Å². The SMILES string of the molecule is CC(C)(C)NC(=O)NC(=O)CN[C@@H](c1ccccc1)c1cccs1. The molecule has 2 aromatic rings.